The fraction of sp³-hybridized carbons (Fsp3) is 0.357. The van der Waals surface area contributed by atoms with E-state index >= 15 is 0 Å². The highest BCUT2D eigenvalue weighted by Gasteiger charge is 2.21. The zero-order valence-electron chi connectivity index (χ0n) is 11.6. The molecule has 6 nitrogen and oxygen atoms in total. The number of hydrogen-bond acceptors (Lipinski definition) is 4. The van der Waals surface area contributed by atoms with Gasteiger partial charge in [-0.25, -0.2) is 14.5 Å². The molecule has 0 aliphatic rings. The van der Waals surface area contributed by atoms with Crippen molar-refractivity contribution >= 4 is 17.0 Å². The van der Waals surface area contributed by atoms with E-state index in [1.54, 1.807) is 23.9 Å². The summed E-state index contributed by atoms with van der Waals surface area (Å²) >= 11 is 0. The molecule has 0 amide bonds. The maximum Gasteiger partial charge on any atom is 0.341 e. The lowest BCUT2D eigenvalue weighted by atomic mass is 10.1. The molecular weight excluding hydrogens is 258 g/mol. The van der Waals surface area contributed by atoms with E-state index in [1.165, 1.54) is 0 Å². The standard InChI is InChI=1S/C14H17N3O3/c1-4-6-7-17-13-10(8-15-17)12(20-5-2)11(14(18)19)9(3)16-13/h4,8H,1,5-7H2,2-3H3,(H,18,19). The van der Waals surface area contributed by atoms with Gasteiger partial charge in [-0.3, -0.25) is 0 Å². The number of allylic oxidation sites excluding steroid dienone is 1. The summed E-state index contributed by atoms with van der Waals surface area (Å²) in [5.74, 6) is -0.702. The Bertz CT molecular complexity index is 661. The predicted molar refractivity (Wildman–Crippen MR) is 75.2 cm³/mol. The first kappa shape index (κ1) is 14.0. The Balaban J connectivity index is 2.66. The Morgan fingerprint density at radius 1 is 1.60 bits per heavy atom. The van der Waals surface area contributed by atoms with E-state index < -0.39 is 5.97 Å². The first-order chi connectivity index (χ1) is 9.60. The van der Waals surface area contributed by atoms with E-state index in [4.69, 9.17) is 4.74 Å². The van der Waals surface area contributed by atoms with Crippen LogP contribution >= 0.6 is 0 Å². The number of pyridine rings is 1. The van der Waals surface area contributed by atoms with E-state index in [2.05, 4.69) is 16.7 Å². The highest BCUT2D eigenvalue weighted by Crippen LogP contribution is 2.30. The lowest BCUT2D eigenvalue weighted by molar-refractivity contribution is 0.0691. The number of aryl methyl sites for hydroxylation is 2. The third-order valence-corrected chi connectivity index (χ3v) is 2.97. The molecule has 2 aromatic heterocycles. The third kappa shape index (κ3) is 2.36. The van der Waals surface area contributed by atoms with E-state index in [1.807, 2.05) is 6.92 Å². The molecule has 106 valence electrons. The van der Waals surface area contributed by atoms with Crippen LogP contribution in [0.1, 0.15) is 29.4 Å². The minimum absolute atomic E-state index is 0.0996. The summed E-state index contributed by atoms with van der Waals surface area (Å²) in [5.41, 5.74) is 1.16. The Morgan fingerprint density at radius 3 is 2.95 bits per heavy atom. The van der Waals surface area contributed by atoms with Gasteiger partial charge < -0.3 is 9.84 Å². The summed E-state index contributed by atoms with van der Waals surface area (Å²) in [7, 11) is 0. The molecule has 0 aliphatic heterocycles. The zero-order chi connectivity index (χ0) is 14.7. The molecule has 0 radical (unpaired) electrons. The van der Waals surface area contributed by atoms with Gasteiger partial charge in [0.15, 0.2) is 5.65 Å². The van der Waals surface area contributed by atoms with Crippen LogP contribution in [-0.2, 0) is 6.54 Å². The van der Waals surface area contributed by atoms with Crippen LogP contribution in [0.15, 0.2) is 18.9 Å². The number of aromatic nitrogens is 3. The molecule has 2 rings (SSSR count). The highest BCUT2D eigenvalue weighted by atomic mass is 16.5. The van der Waals surface area contributed by atoms with Crippen molar-refractivity contribution < 1.29 is 14.6 Å². The van der Waals surface area contributed by atoms with Gasteiger partial charge in [0.05, 0.1) is 23.9 Å². The van der Waals surface area contributed by atoms with E-state index in [0.717, 1.165) is 6.42 Å². The van der Waals surface area contributed by atoms with Crippen LogP contribution < -0.4 is 4.74 Å². The summed E-state index contributed by atoms with van der Waals surface area (Å²) in [6.45, 7) is 8.19. The van der Waals surface area contributed by atoms with Gasteiger partial charge in [0.2, 0.25) is 0 Å². The van der Waals surface area contributed by atoms with Gasteiger partial charge in [-0.05, 0) is 20.3 Å². The van der Waals surface area contributed by atoms with Gasteiger partial charge in [0, 0.05) is 6.54 Å². The minimum atomic E-state index is -1.04. The fourth-order valence-corrected chi connectivity index (χ4v) is 2.09. The van der Waals surface area contributed by atoms with Crippen LogP contribution in [-0.4, -0.2) is 32.4 Å². The smallest absolute Gasteiger partial charge is 0.341 e. The average Bonchev–Trinajstić information content (AvgIpc) is 2.79. The molecular formula is C14H17N3O3. The molecule has 0 saturated carbocycles. The SMILES string of the molecule is C=CCCn1ncc2c(OCC)c(C(=O)O)c(C)nc21. The first-order valence-electron chi connectivity index (χ1n) is 6.43. The summed E-state index contributed by atoms with van der Waals surface area (Å²) in [5, 5.41) is 14.2. The number of ether oxygens (including phenoxy) is 1. The van der Waals surface area contributed by atoms with Gasteiger partial charge in [-0.2, -0.15) is 5.10 Å². The zero-order valence-corrected chi connectivity index (χ0v) is 11.6. The van der Waals surface area contributed by atoms with Gasteiger partial charge in [-0.1, -0.05) is 6.08 Å². The molecule has 0 saturated heterocycles. The van der Waals surface area contributed by atoms with Gasteiger partial charge in [0.1, 0.15) is 11.3 Å². The largest absolute Gasteiger partial charge is 0.492 e. The molecule has 2 heterocycles. The van der Waals surface area contributed by atoms with Crippen molar-refractivity contribution in [1.29, 1.82) is 0 Å². The number of carboxylic acids is 1. The maximum atomic E-state index is 11.4. The molecule has 6 heteroatoms. The molecule has 0 bridgehead atoms. The van der Waals surface area contributed by atoms with Crippen LogP contribution in [0.3, 0.4) is 0 Å². The van der Waals surface area contributed by atoms with Gasteiger partial charge in [-0.15, -0.1) is 6.58 Å². The number of aromatic carboxylic acids is 1. The summed E-state index contributed by atoms with van der Waals surface area (Å²) in [4.78, 5) is 15.7. The van der Waals surface area contributed by atoms with Crippen molar-refractivity contribution in [2.75, 3.05) is 6.61 Å². The molecule has 0 atom stereocenters. The van der Waals surface area contributed by atoms with Crippen molar-refractivity contribution in [3.05, 3.63) is 30.1 Å². The van der Waals surface area contributed by atoms with Gasteiger partial charge >= 0.3 is 5.97 Å². The molecule has 0 aromatic carbocycles. The minimum Gasteiger partial charge on any atom is -0.492 e. The van der Waals surface area contributed by atoms with Crippen LogP contribution in [0.25, 0.3) is 11.0 Å². The first-order valence-corrected chi connectivity index (χ1v) is 6.43. The lowest BCUT2D eigenvalue weighted by Crippen LogP contribution is -2.09. The molecule has 20 heavy (non-hydrogen) atoms. The topological polar surface area (TPSA) is 77.2 Å². The average molecular weight is 275 g/mol. The number of rotatable bonds is 6. The van der Waals surface area contributed by atoms with Crippen molar-refractivity contribution in [3.8, 4) is 5.75 Å². The molecule has 0 spiro atoms. The summed E-state index contributed by atoms with van der Waals surface area (Å²) < 4.78 is 7.25. The Morgan fingerprint density at radius 2 is 2.35 bits per heavy atom. The van der Waals surface area contributed by atoms with E-state index in [0.29, 0.717) is 35.6 Å². The quantitative estimate of drug-likeness (QED) is 0.819. The second kappa shape index (κ2) is 5.73. The van der Waals surface area contributed by atoms with Crippen LogP contribution in [0.2, 0.25) is 0 Å². The molecule has 2 aromatic rings. The van der Waals surface area contributed by atoms with Crippen molar-refractivity contribution in [2.45, 2.75) is 26.8 Å². The second-order valence-electron chi connectivity index (χ2n) is 4.32. The Labute approximate surface area is 116 Å². The Kier molecular flexibility index (Phi) is 4.02. The normalized spacial score (nSPS) is 10.7. The number of carbonyl (C=O) groups is 1. The molecule has 0 fully saturated rings. The summed E-state index contributed by atoms with van der Waals surface area (Å²) in [6.07, 6.45) is 4.17. The van der Waals surface area contributed by atoms with Gasteiger partial charge in [0.25, 0.3) is 0 Å². The van der Waals surface area contributed by atoms with E-state index in [9.17, 15) is 9.90 Å². The third-order valence-electron chi connectivity index (χ3n) is 2.97. The molecule has 0 unspecified atom stereocenters. The monoisotopic (exact) mass is 275 g/mol. The maximum absolute atomic E-state index is 11.4. The van der Waals surface area contributed by atoms with Crippen molar-refractivity contribution in [3.63, 3.8) is 0 Å². The van der Waals surface area contributed by atoms with Crippen LogP contribution in [0, 0.1) is 6.92 Å². The second-order valence-corrected chi connectivity index (χ2v) is 4.32. The van der Waals surface area contributed by atoms with E-state index in [-0.39, 0.29) is 5.56 Å². The fourth-order valence-electron chi connectivity index (χ4n) is 2.09. The summed E-state index contributed by atoms with van der Waals surface area (Å²) in [6, 6.07) is 0. The number of nitrogens with zero attached hydrogens (tertiary/aromatic N) is 3. The lowest BCUT2D eigenvalue weighted by Gasteiger charge is -2.11. The highest BCUT2D eigenvalue weighted by molar-refractivity contribution is 5.99. The predicted octanol–water partition coefficient (Wildman–Crippen LogP) is 2.41. The number of carboxylic acid groups (broad SMARTS) is 1. The van der Waals surface area contributed by atoms with Crippen LogP contribution in [0.4, 0.5) is 0 Å². The molecule has 0 aliphatic carbocycles. The number of fused-ring (bicyclic) bond motifs is 1. The Hall–Kier alpha value is -2.37. The molecule has 1 N–H and O–H groups in total. The van der Waals surface area contributed by atoms with Crippen molar-refractivity contribution in [1.82, 2.24) is 14.8 Å². The number of hydrogen-bond donors (Lipinski definition) is 1. The van der Waals surface area contributed by atoms with Crippen LogP contribution in [0.5, 0.6) is 5.75 Å². The van der Waals surface area contributed by atoms with Crippen molar-refractivity contribution in [2.24, 2.45) is 0 Å².